The number of hydrogen-bond acceptors (Lipinski definition) is 1. The van der Waals surface area contributed by atoms with Gasteiger partial charge in [-0.15, -0.1) is 0 Å². The van der Waals surface area contributed by atoms with E-state index in [-0.39, 0.29) is 21.2 Å². The van der Waals surface area contributed by atoms with Crippen LogP contribution in [-0.2, 0) is 4.79 Å². The fraction of sp³-hybridized carbons (Fsp3) is 0.588. The molecule has 1 unspecified atom stereocenters. The molecule has 1 aromatic carbocycles. The summed E-state index contributed by atoms with van der Waals surface area (Å²) in [5, 5.41) is 0. The van der Waals surface area contributed by atoms with E-state index >= 15 is 0 Å². The molecular formula is C17H27FINO. The summed E-state index contributed by atoms with van der Waals surface area (Å²) in [5.41, 5.74) is 1.38. The Kier molecular flexibility index (Phi) is 6.20. The first-order valence-corrected chi connectivity index (χ1v) is 12.6. The van der Waals surface area contributed by atoms with Crippen molar-refractivity contribution in [1.29, 1.82) is 0 Å². The van der Waals surface area contributed by atoms with E-state index in [4.69, 9.17) is 0 Å². The molecule has 0 saturated carbocycles. The van der Waals surface area contributed by atoms with Crippen molar-refractivity contribution in [2.24, 2.45) is 0 Å². The Morgan fingerprint density at radius 1 is 1.38 bits per heavy atom. The fourth-order valence-electron chi connectivity index (χ4n) is 1.98. The molecule has 1 aromatic rings. The van der Waals surface area contributed by atoms with Gasteiger partial charge in [0.15, 0.2) is 0 Å². The molecule has 0 aliphatic rings. The van der Waals surface area contributed by atoms with Gasteiger partial charge in [0.05, 0.1) is 0 Å². The van der Waals surface area contributed by atoms with Gasteiger partial charge in [0.2, 0.25) is 0 Å². The van der Waals surface area contributed by atoms with Crippen molar-refractivity contribution >= 4 is 31.4 Å². The van der Waals surface area contributed by atoms with Crippen molar-refractivity contribution in [3.05, 3.63) is 29.6 Å². The third-order valence-electron chi connectivity index (χ3n) is 4.12. The number of anilines is 1. The Morgan fingerprint density at radius 3 is 2.38 bits per heavy atom. The Bertz CT molecular complexity index is 514. The monoisotopic (exact) mass is 407 g/mol. The minimum absolute atomic E-state index is 0.109. The molecule has 4 heteroatoms. The second-order valence-corrected chi connectivity index (χ2v) is 13.1. The topological polar surface area (TPSA) is 20.3 Å². The number of nitrogens with zero attached hydrogens (tertiary/aromatic N) is 1. The summed E-state index contributed by atoms with van der Waals surface area (Å²) in [7, 11) is 0. The van der Waals surface area contributed by atoms with Crippen LogP contribution >= 0.6 is 19.8 Å². The Labute approximate surface area is 135 Å². The number of alkyl halides is 3. The van der Waals surface area contributed by atoms with Gasteiger partial charge < -0.3 is 0 Å². The number of amides is 1. The molecule has 0 aliphatic carbocycles. The first-order valence-electron chi connectivity index (χ1n) is 7.22. The van der Waals surface area contributed by atoms with Gasteiger partial charge in [-0.1, -0.05) is 0 Å². The number of carbonyl (C=O) groups is 1. The summed E-state index contributed by atoms with van der Waals surface area (Å²) in [4.78, 5) is 19.4. The van der Waals surface area contributed by atoms with Gasteiger partial charge in [0.1, 0.15) is 0 Å². The zero-order valence-corrected chi connectivity index (χ0v) is 16.3. The second kappa shape index (κ2) is 7.07. The molecule has 1 atom stereocenters. The van der Waals surface area contributed by atoms with Crippen LogP contribution in [0.4, 0.5) is 10.1 Å². The van der Waals surface area contributed by atoms with Crippen LogP contribution in [0.5, 0.6) is 0 Å². The Hall–Kier alpha value is -0.650. The number of benzene rings is 1. The van der Waals surface area contributed by atoms with Gasteiger partial charge in [0.25, 0.3) is 0 Å². The number of halogens is 2. The van der Waals surface area contributed by atoms with Crippen molar-refractivity contribution in [2.45, 2.75) is 50.5 Å². The fourth-order valence-corrected chi connectivity index (χ4v) is 3.16. The van der Waals surface area contributed by atoms with Crippen LogP contribution in [0.3, 0.4) is 0 Å². The molecule has 120 valence electrons. The van der Waals surface area contributed by atoms with E-state index in [9.17, 15) is 9.18 Å². The SMILES string of the molecule is CCC(C)N(C(=O)C(C)(C)I(C)C)c1ccc(F)c(C)c1. The molecule has 0 heterocycles. The van der Waals surface area contributed by atoms with Gasteiger partial charge in [-0.2, -0.15) is 0 Å². The van der Waals surface area contributed by atoms with Crippen molar-refractivity contribution in [3.8, 4) is 0 Å². The predicted molar refractivity (Wildman–Crippen MR) is 98.3 cm³/mol. The predicted octanol–water partition coefficient (Wildman–Crippen LogP) is 4.81. The van der Waals surface area contributed by atoms with E-state index in [0.717, 1.165) is 12.1 Å². The molecule has 21 heavy (non-hydrogen) atoms. The number of rotatable bonds is 5. The molecule has 0 fully saturated rings. The summed E-state index contributed by atoms with van der Waals surface area (Å²) < 4.78 is 13.2. The van der Waals surface area contributed by atoms with E-state index < -0.39 is 19.8 Å². The molecule has 0 bridgehead atoms. The number of carbonyl (C=O) groups excluding carboxylic acids is 1. The summed E-state index contributed by atoms with van der Waals surface area (Å²) in [6, 6.07) is 5.05. The van der Waals surface area contributed by atoms with E-state index in [0.29, 0.717) is 5.56 Å². The number of hydrogen-bond donors (Lipinski definition) is 0. The van der Waals surface area contributed by atoms with Crippen molar-refractivity contribution < 1.29 is 9.18 Å². The van der Waals surface area contributed by atoms with E-state index in [1.165, 1.54) is 6.07 Å². The van der Waals surface area contributed by atoms with E-state index in [1.807, 2.05) is 18.7 Å². The number of aryl methyl sites for hydroxylation is 1. The van der Waals surface area contributed by atoms with Gasteiger partial charge >= 0.3 is 135 Å². The van der Waals surface area contributed by atoms with Crippen LogP contribution in [0.1, 0.15) is 39.7 Å². The quantitative estimate of drug-likeness (QED) is 0.507. The Morgan fingerprint density at radius 2 is 1.95 bits per heavy atom. The van der Waals surface area contributed by atoms with Crippen LogP contribution in [-0.4, -0.2) is 25.2 Å². The third-order valence-corrected chi connectivity index (χ3v) is 9.98. The summed E-state index contributed by atoms with van der Waals surface area (Å²) in [6.07, 6.45) is 0.875. The summed E-state index contributed by atoms with van der Waals surface area (Å²) in [6.45, 7) is 9.96. The molecular weight excluding hydrogens is 380 g/mol. The van der Waals surface area contributed by atoms with E-state index in [1.54, 1.807) is 19.1 Å². The molecule has 1 amide bonds. The molecule has 0 spiro atoms. The summed E-state index contributed by atoms with van der Waals surface area (Å²) >= 11 is -1.33. The molecule has 0 radical (unpaired) electrons. The first kappa shape index (κ1) is 18.4. The molecule has 0 saturated heterocycles. The van der Waals surface area contributed by atoms with Crippen molar-refractivity contribution in [1.82, 2.24) is 0 Å². The molecule has 0 aliphatic heterocycles. The normalized spacial score (nSPS) is 13.8. The standard InChI is InChI=1S/C17H27FINO/c1-8-13(3)20(16(21)17(4,5)19(6)7)14-9-10-15(18)12(2)11-14/h9-11,13H,8H2,1-7H3. The first-order chi connectivity index (χ1) is 9.62. The minimum atomic E-state index is -1.33. The maximum atomic E-state index is 13.5. The van der Waals surface area contributed by atoms with Crippen LogP contribution in [0.2, 0.25) is 0 Å². The zero-order valence-electron chi connectivity index (χ0n) is 14.1. The van der Waals surface area contributed by atoms with Gasteiger partial charge in [-0.3, -0.25) is 0 Å². The summed E-state index contributed by atoms with van der Waals surface area (Å²) in [5.74, 6) is -0.0629. The third kappa shape index (κ3) is 3.96. The van der Waals surface area contributed by atoms with Crippen LogP contribution in [0.25, 0.3) is 0 Å². The maximum absolute atomic E-state index is 13.5. The van der Waals surface area contributed by atoms with E-state index in [2.05, 4.69) is 23.7 Å². The molecule has 0 aromatic heterocycles. The van der Waals surface area contributed by atoms with Crippen molar-refractivity contribution in [2.75, 3.05) is 14.8 Å². The van der Waals surface area contributed by atoms with Gasteiger partial charge in [0, 0.05) is 0 Å². The average Bonchev–Trinajstić information content (AvgIpc) is 2.42. The van der Waals surface area contributed by atoms with Crippen molar-refractivity contribution in [3.63, 3.8) is 0 Å². The van der Waals surface area contributed by atoms with Gasteiger partial charge in [-0.25, -0.2) is 0 Å². The van der Waals surface area contributed by atoms with Crippen LogP contribution in [0, 0.1) is 12.7 Å². The Balaban J connectivity index is 3.29. The molecule has 2 nitrogen and oxygen atoms in total. The van der Waals surface area contributed by atoms with Gasteiger partial charge in [-0.05, 0) is 0 Å². The average molecular weight is 407 g/mol. The van der Waals surface area contributed by atoms with Crippen LogP contribution < -0.4 is 4.90 Å². The zero-order chi connectivity index (χ0) is 16.4. The van der Waals surface area contributed by atoms with Crippen LogP contribution in [0.15, 0.2) is 18.2 Å². The molecule has 1 rings (SSSR count). The molecule has 0 N–H and O–H groups in total. The second-order valence-electron chi connectivity index (χ2n) is 6.09.